The van der Waals surface area contributed by atoms with E-state index in [9.17, 15) is 4.79 Å². The van der Waals surface area contributed by atoms with Gasteiger partial charge in [-0.25, -0.2) is 0 Å². The fourth-order valence-corrected chi connectivity index (χ4v) is 3.86. The number of nitrogens with zero attached hydrogens (tertiary/aromatic N) is 6. The number of piperidine rings is 1. The lowest BCUT2D eigenvalue weighted by molar-refractivity contribution is -0.117. The van der Waals surface area contributed by atoms with E-state index in [0.29, 0.717) is 13.1 Å². The average Bonchev–Trinajstić information content (AvgIpc) is 2.96. The van der Waals surface area contributed by atoms with E-state index in [0.717, 1.165) is 42.7 Å². The van der Waals surface area contributed by atoms with Crippen molar-refractivity contribution in [1.82, 2.24) is 19.7 Å². The Balaban J connectivity index is 1.58. The second-order valence-corrected chi connectivity index (χ2v) is 7.25. The zero-order valence-electron chi connectivity index (χ0n) is 15.6. The van der Waals surface area contributed by atoms with E-state index >= 15 is 0 Å². The third-order valence-corrected chi connectivity index (χ3v) is 5.45. The lowest BCUT2D eigenvalue weighted by atomic mass is 10.1. The van der Waals surface area contributed by atoms with Crippen molar-refractivity contribution in [3.05, 3.63) is 35.7 Å². The van der Waals surface area contributed by atoms with E-state index in [-0.39, 0.29) is 5.91 Å². The predicted octanol–water partition coefficient (Wildman–Crippen LogP) is 1.78. The van der Waals surface area contributed by atoms with Gasteiger partial charge in [0.15, 0.2) is 0 Å². The topological polar surface area (TPSA) is 57.5 Å². The summed E-state index contributed by atoms with van der Waals surface area (Å²) in [5, 5.41) is 8.84. The summed E-state index contributed by atoms with van der Waals surface area (Å²) < 4.78 is 2.04. The third kappa shape index (κ3) is 3.19. The molecule has 7 nitrogen and oxygen atoms in total. The fourth-order valence-electron chi connectivity index (χ4n) is 3.86. The van der Waals surface area contributed by atoms with Crippen LogP contribution in [0, 0.1) is 0 Å². The third-order valence-electron chi connectivity index (χ3n) is 5.45. The minimum absolute atomic E-state index is 0.0653. The van der Waals surface area contributed by atoms with Crippen molar-refractivity contribution in [2.75, 3.05) is 36.5 Å². The lowest BCUT2D eigenvalue weighted by Crippen LogP contribution is -2.36. The summed E-state index contributed by atoms with van der Waals surface area (Å²) in [4.78, 5) is 18.8. The first-order valence-electron chi connectivity index (χ1n) is 9.33. The number of para-hydroxylation sites is 1. The Morgan fingerprint density at radius 2 is 1.77 bits per heavy atom. The number of hydrogen-bond acceptors (Lipinski definition) is 5. The summed E-state index contributed by atoms with van der Waals surface area (Å²) in [6.45, 7) is 4.04. The van der Waals surface area contributed by atoms with E-state index in [1.165, 1.54) is 19.3 Å². The minimum Gasteiger partial charge on any atom is -0.327 e. The number of rotatable bonds is 3. The van der Waals surface area contributed by atoms with E-state index in [1.807, 2.05) is 41.8 Å². The molecule has 0 unspecified atom stereocenters. The van der Waals surface area contributed by atoms with Gasteiger partial charge in [-0.2, -0.15) is 0 Å². The van der Waals surface area contributed by atoms with Gasteiger partial charge in [-0.15, -0.1) is 10.2 Å². The summed E-state index contributed by atoms with van der Waals surface area (Å²) in [5.41, 5.74) is 2.09. The highest BCUT2D eigenvalue weighted by Gasteiger charge is 2.27. The second-order valence-electron chi connectivity index (χ2n) is 7.25. The van der Waals surface area contributed by atoms with Gasteiger partial charge in [0.2, 0.25) is 11.9 Å². The molecule has 2 aliphatic rings. The van der Waals surface area contributed by atoms with Gasteiger partial charge in [-0.1, -0.05) is 24.6 Å². The largest absolute Gasteiger partial charge is 0.327 e. The van der Waals surface area contributed by atoms with Gasteiger partial charge in [0.1, 0.15) is 12.4 Å². The van der Waals surface area contributed by atoms with Crippen LogP contribution in [0.3, 0.4) is 0 Å². The number of likely N-dealkylation sites (tertiary alicyclic amines) is 1. The number of carbonyl (C=O) groups excluding carboxylic acids is 1. The number of anilines is 2. The molecular formula is C19H26N6O. The van der Waals surface area contributed by atoms with Crippen molar-refractivity contribution in [3.8, 4) is 0 Å². The quantitative estimate of drug-likeness (QED) is 0.841. The molecule has 1 fully saturated rings. The van der Waals surface area contributed by atoms with Crippen molar-refractivity contribution in [1.29, 1.82) is 0 Å². The van der Waals surface area contributed by atoms with Crippen LogP contribution in [-0.4, -0.2) is 52.3 Å². The Morgan fingerprint density at radius 1 is 1.00 bits per heavy atom. The zero-order chi connectivity index (χ0) is 18.1. The first kappa shape index (κ1) is 17.0. The molecule has 0 spiro atoms. The van der Waals surface area contributed by atoms with Gasteiger partial charge >= 0.3 is 0 Å². The molecule has 0 radical (unpaired) electrons. The maximum Gasteiger partial charge on any atom is 0.246 e. The summed E-state index contributed by atoms with van der Waals surface area (Å²) in [6, 6.07) is 8.05. The Bertz CT molecular complexity index is 795. The van der Waals surface area contributed by atoms with Gasteiger partial charge in [0.05, 0.1) is 6.54 Å². The Hall–Kier alpha value is -2.41. The molecule has 1 aromatic carbocycles. The Morgan fingerprint density at radius 3 is 2.58 bits per heavy atom. The first-order valence-corrected chi connectivity index (χ1v) is 9.33. The highest BCUT2D eigenvalue weighted by Crippen LogP contribution is 2.27. The van der Waals surface area contributed by atoms with Crippen LogP contribution in [0.5, 0.6) is 0 Å². The fraction of sp³-hybridized carbons (Fsp3) is 0.526. The van der Waals surface area contributed by atoms with Crippen molar-refractivity contribution in [2.24, 2.45) is 7.05 Å². The molecule has 0 N–H and O–H groups in total. The predicted molar refractivity (Wildman–Crippen MR) is 101 cm³/mol. The number of carbonyl (C=O) groups is 1. The van der Waals surface area contributed by atoms with E-state index in [2.05, 4.69) is 21.2 Å². The van der Waals surface area contributed by atoms with Crippen LogP contribution in [0.1, 0.15) is 30.7 Å². The number of aromatic nitrogens is 3. The van der Waals surface area contributed by atoms with Crippen molar-refractivity contribution >= 4 is 17.5 Å². The van der Waals surface area contributed by atoms with Crippen LogP contribution in [0.25, 0.3) is 0 Å². The normalized spacial score (nSPS) is 18.8. The van der Waals surface area contributed by atoms with Crippen molar-refractivity contribution in [3.63, 3.8) is 0 Å². The monoisotopic (exact) mass is 354 g/mol. The number of benzene rings is 1. The van der Waals surface area contributed by atoms with Crippen LogP contribution in [-0.2, 0) is 24.9 Å². The van der Waals surface area contributed by atoms with Gasteiger partial charge in [-0.05, 0) is 37.6 Å². The summed E-state index contributed by atoms with van der Waals surface area (Å²) in [5.74, 6) is 1.78. The Labute approximate surface area is 154 Å². The van der Waals surface area contributed by atoms with Gasteiger partial charge < -0.3 is 9.80 Å². The van der Waals surface area contributed by atoms with E-state index in [1.54, 1.807) is 4.90 Å². The number of hydrogen-bond donors (Lipinski definition) is 0. The van der Waals surface area contributed by atoms with Gasteiger partial charge in [-0.3, -0.25) is 14.3 Å². The standard InChI is InChI=1S/C19H26N6O/c1-22-16-9-5-4-8-15(16)12-25(14-18(22)26)19-21-20-17(23(19)2)13-24-10-6-3-7-11-24/h4-5,8-9H,3,6-7,10-14H2,1-2H3. The van der Waals surface area contributed by atoms with Gasteiger partial charge in [0, 0.05) is 26.3 Å². The van der Waals surface area contributed by atoms with E-state index < -0.39 is 0 Å². The molecule has 0 aliphatic carbocycles. The van der Waals surface area contributed by atoms with E-state index in [4.69, 9.17) is 0 Å². The molecule has 1 amide bonds. The van der Waals surface area contributed by atoms with Crippen molar-refractivity contribution in [2.45, 2.75) is 32.4 Å². The second kappa shape index (κ2) is 7.07. The van der Waals surface area contributed by atoms with Crippen LogP contribution < -0.4 is 9.80 Å². The summed E-state index contributed by atoms with van der Waals surface area (Å²) in [6.07, 6.45) is 3.84. The molecule has 2 aliphatic heterocycles. The minimum atomic E-state index is 0.0653. The zero-order valence-corrected chi connectivity index (χ0v) is 15.6. The molecule has 0 bridgehead atoms. The molecule has 2 aromatic rings. The molecule has 0 atom stereocenters. The molecule has 3 heterocycles. The van der Waals surface area contributed by atoms with Crippen LogP contribution >= 0.6 is 0 Å². The Kier molecular flexibility index (Phi) is 4.63. The van der Waals surface area contributed by atoms with Crippen LogP contribution in [0.4, 0.5) is 11.6 Å². The van der Waals surface area contributed by atoms with Crippen LogP contribution in [0.15, 0.2) is 24.3 Å². The summed E-state index contributed by atoms with van der Waals surface area (Å²) >= 11 is 0. The van der Waals surface area contributed by atoms with Crippen molar-refractivity contribution < 1.29 is 4.79 Å². The first-order chi connectivity index (χ1) is 12.6. The molecule has 138 valence electrons. The van der Waals surface area contributed by atoms with Gasteiger partial charge in [0.25, 0.3) is 0 Å². The SMILES string of the molecule is CN1C(=O)CN(c2nnc(CN3CCCCC3)n2C)Cc2ccccc21. The molecular weight excluding hydrogens is 328 g/mol. The molecule has 1 saturated heterocycles. The lowest BCUT2D eigenvalue weighted by Gasteiger charge is -2.26. The maximum absolute atomic E-state index is 12.6. The number of amides is 1. The molecule has 4 rings (SSSR count). The average molecular weight is 354 g/mol. The van der Waals surface area contributed by atoms with Crippen LogP contribution in [0.2, 0.25) is 0 Å². The number of likely N-dealkylation sites (N-methyl/N-ethyl adjacent to an activating group) is 1. The molecule has 1 aromatic heterocycles. The highest BCUT2D eigenvalue weighted by atomic mass is 16.2. The molecule has 0 saturated carbocycles. The summed E-state index contributed by atoms with van der Waals surface area (Å²) in [7, 11) is 3.84. The molecule has 26 heavy (non-hydrogen) atoms. The number of fused-ring (bicyclic) bond motifs is 1. The molecule has 7 heteroatoms. The maximum atomic E-state index is 12.6. The highest BCUT2D eigenvalue weighted by molar-refractivity contribution is 5.97. The smallest absolute Gasteiger partial charge is 0.246 e.